The van der Waals surface area contributed by atoms with Crippen LogP contribution in [0.4, 0.5) is 5.69 Å². The van der Waals surface area contributed by atoms with Crippen LogP contribution in [0, 0.1) is 0 Å². The molecule has 0 aromatic heterocycles. The average Bonchev–Trinajstić information content (AvgIpc) is 2.50. The van der Waals surface area contributed by atoms with Crippen molar-refractivity contribution in [1.82, 2.24) is 0 Å². The minimum Gasteiger partial charge on any atom is -0.495 e. The van der Waals surface area contributed by atoms with E-state index in [0.717, 1.165) is 27.2 Å². The summed E-state index contributed by atoms with van der Waals surface area (Å²) < 4.78 is 12.0. The summed E-state index contributed by atoms with van der Waals surface area (Å²) in [6, 6.07) is 14.2. The summed E-state index contributed by atoms with van der Waals surface area (Å²) in [5.41, 5.74) is 2.15. The number of methoxy groups -OCH3 is 1. The normalized spacial score (nSPS) is 11.8. The van der Waals surface area contributed by atoms with Crippen molar-refractivity contribution in [2.75, 3.05) is 19.0 Å². The third-order valence-electron chi connectivity index (χ3n) is 3.22. The molecule has 2 aromatic carbocycles. The minimum absolute atomic E-state index is 0.138. The van der Waals surface area contributed by atoms with Gasteiger partial charge in [0.25, 0.3) is 0 Å². The predicted molar refractivity (Wildman–Crippen MR) is 90.3 cm³/mol. The lowest BCUT2D eigenvalue weighted by atomic mass is 10.1. The fourth-order valence-corrected chi connectivity index (χ4v) is 2.61. The van der Waals surface area contributed by atoms with E-state index in [-0.39, 0.29) is 6.04 Å². The molecular formula is C17H20BrNO2. The van der Waals surface area contributed by atoms with Gasteiger partial charge in [0.2, 0.25) is 0 Å². The maximum atomic E-state index is 5.69. The third kappa shape index (κ3) is 3.91. The molecule has 1 unspecified atom stereocenters. The van der Waals surface area contributed by atoms with Crippen LogP contribution in [0.15, 0.2) is 46.9 Å². The molecule has 1 N–H and O–H groups in total. The molecule has 21 heavy (non-hydrogen) atoms. The van der Waals surface area contributed by atoms with E-state index in [1.54, 1.807) is 7.11 Å². The SMILES string of the molecule is CCOc1ccccc1C(C)Nc1ccc(Br)c(OC)c1. The molecule has 0 radical (unpaired) electrons. The molecule has 0 bridgehead atoms. The third-order valence-corrected chi connectivity index (χ3v) is 3.87. The van der Waals surface area contributed by atoms with Gasteiger partial charge in [-0.2, -0.15) is 0 Å². The first-order valence-corrected chi connectivity index (χ1v) is 7.76. The van der Waals surface area contributed by atoms with Gasteiger partial charge in [-0.1, -0.05) is 18.2 Å². The second kappa shape index (κ2) is 7.36. The van der Waals surface area contributed by atoms with E-state index in [1.165, 1.54) is 0 Å². The highest BCUT2D eigenvalue weighted by Gasteiger charge is 2.12. The Morgan fingerprint density at radius 3 is 2.62 bits per heavy atom. The van der Waals surface area contributed by atoms with Crippen LogP contribution in [0.1, 0.15) is 25.5 Å². The number of para-hydroxylation sites is 1. The van der Waals surface area contributed by atoms with Gasteiger partial charge in [0.05, 0.1) is 24.2 Å². The zero-order valence-corrected chi connectivity index (χ0v) is 14.1. The molecule has 0 aliphatic carbocycles. The number of halogens is 1. The number of rotatable bonds is 6. The molecule has 0 saturated heterocycles. The fraction of sp³-hybridized carbons (Fsp3) is 0.294. The number of benzene rings is 2. The van der Waals surface area contributed by atoms with Crippen molar-refractivity contribution in [2.45, 2.75) is 19.9 Å². The van der Waals surface area contributed by atoms with E-state index in [9.17, 15) is 0 Å². The Hall–Kier alpha value is -1.68. The topological polar surface area (TPSA) is 30.5 Å². The van der Waals surface area contributed by atoms with Crippen molar-refractivity contribution in [1.29, 1.82) is 0 Å². The van der Waals surface area contributed by atoms with Crippen molar-refractivity contribution in [3.63, 3.8) is 0 Å². The van der Waals surface area contributed by atoms with Gasteiger partial charge in [-0.05, 0) is 48.0 Å². The summed E-state index contributed by atoms with van der Waals surface area (Å²) in [5.74, 6) is 1.73. The Balaban J connectivity index is 2.20. The van der Waals surface area contributed by atoms with Crippen LogP contribution in [0.5, 0.6) is 11.5 Å². The molecule has 0 saturated carbocycles. The van der Waals surface area contributed by atoms with Crippen molar-refractivity contribution >= 4 is 21.6 Å². The number of hydrogen-bond donors (Lipinski definition) is 1. The summed E-state index contributed by atoms with van der Waals surface area (Å²) in [4.78, 5) is 0. The number of hydrogen-bond acceptors (Lipinski definition) is 3. The van der Waals surface area contributed by atoms with Gasteiger partial charge in [0.1, 0.15) is 11.5 Å². The Morgan fingerprint density at radius 1 is 1.14 bits per heavy atom. The molecule has 2 aromatic rings. The van der Waals surface area contributed by atoms with Gasteiger partial charge in [-0.3, -0.25) is 0 Å². The maximum absolute atomic E-state index is 5.69. The van der Waals surface area contributed by atoms with Gasteiger partial charge >= 0.3 is 0 Å². The predicted octanol–water partition coefficient (Wildman–Crippen LogP) is 5.03. The lowest BCUT2D eigenvalue weighted by molar-refractivity contribution is 0.335. The van der Waals surface area contributed by atoms with Crippen LogP contribution in [-0.4, -0.2) is 13.7 Å². The lowest BCUT2D eigenvalue weighted by Gasteiger charge is -2.19. The number of anilines is 1. The zero-order valence-electron chi connectivity index (χ0n) is 12.5. The van der Waals surface area contributed by atoms with E-state index in [2.05, 4.69) is 34.2 Å². The second-order valence-corrected chi connectivity index (χ2v) is 5.54. The van der Waals surface area contributed by atoms with Gasteiger partial charge < -0.3 is 14.8 Å². The summed E-state index contributed by atoms with van der Waals surface area (Å²) in [7, 11) is 1.66. The summed E-state index contributed by atoms with van der Waals surface area (Å²) in [6.07, 6.45) is 0. The smallest absolute Gasteiger partial charge is 0.135 e. The molecule has 0 heterocycles. The van der Waals surface area contributed by atoms with E-state index in [1.807, 2.05) is 43.3 Å². The quantitative estimate of drug-likeness (QED) is 0.793. The van der Waals surface area contributed by atoms with Crippen molar-refractivity contribution < 1.29 is 9.47 Å². The first-order valence-electron chi connectivity index (χ1n) is 6.97. The molecular weight excluding hydrogens is 330 g/mol. The average molecular weight is 350 g/mol. The highest BCUT2D eigenvalue weighted by atomic mass is 79.9. The first-order chi connectivity index (χ1) is 10.2. The standard InChI is InChI=1S/C17H20BrNO2/c1-4-21-16-8-6-5-7-14(16)12(2)19-13-9-10-15(18)17(11-13)20-3/h5-12,19H,4H2,1-3H3. The maximum Gasteiger partial charge on any atom is 0.135 e. The minimum atomic E-state index is 0.138. The summed E-state index contributed by atoms with van der Waals surface area (Å²) >= 11 is 3.46. The molecule has 4 heteroatoms. The van der Waals surface area contributed by atoms with Crippen LogP contribution in [-0.2, 0) is 0 Å². The zero-order chi connectivity index (χ0) is 15.2. The summed E-state index contributed by atoms with van der Waals surface area (Å²) in [6.45, 7) is 4.77. The van der Waals surface area contributed by atoms with Crippen LogP contribution < -0.4 is 14.8 Å². The molecule has 2 rings (SSSR count). The lowest BCUT2D eigenvalue weighted by Crippen LogP contribution is -2.09. The Kier molecular flexibility index (Phi) is 5.51. The second-order valence-electron chi connectivity index (χ2n) is 4.69. The molecule has 112 valence electrons. The highest BCUT2D eigenvalue weighted by molar-refractivity contribution is 9.10. The molecule has 0 aliphatic heterocycles. The van der Waals surface area contributed by atoms with Crippen molar-refractivity contribution in [2.24, 2.45) is 0 Å². The van der Waals surface area contributed by atoms with Gasteiger partial charge in [-0.15, -0.1) is 0 Å². The number of nitrogens with one attached hydrogen (secondary N) is 1. The fourth-order valence-electron chi connectivity index (χ4n) is 2.20. The van der Waals surface area contributed by atoms with E-state index >= 15 is 0 Å². The van der Waals surface area contributed by atoms with Crippen LogP contribution in [0.25, 0.3) is 0 Å². The van der Waals surface area contributed by atoms with Gasteiger partial charge in [-0.25, -0.2) is 0 Å². The van der Waals surface area contributed by atoms with Crippen molar-refractivity contribution in [3.8, 4) is 11.5 Å². The Morgan fingerprint density at radius 2 is 1.90 bits per heavy atom. The van der Waals surface area contributed by atoms with Gasteiger partial charge in [0, 0.05) is 17.3 Å². The molecule has 0 fully saturated rings. The molecule has 1 atom stereocenters. The van der Waals surface area contributed by atoms with Crippen LogP contribution in [0.3, 0.4) is 0 Å². The number of ether oxygens (including phenoxy) is 2. The van der Waals surface area contributed by atoms with Crippen molar-refractivity contribution in [3.05, 3.63) is 52.5 Å². The Labute approximate surface area is 134 Å². The molecule has 0 spiro atoms. The highest BCUT2D eigenvalue weighted by Crippen LogP contribution is 2.31. The first kappa shape index (κ1) is 15.7. The van der Waals surface area contributed by atoms with E-state index in [0.29, 0.717) is 6.61 Å². The van der Waals surface area contributed by atoms with Gasteiger partial charge in [0.15, 0.2) is 0 Å². The monoisotopic (exact) mass is 349 g/mol. The largest absolute Gasteiger partial charge is 0.495 e. The molecule has 0 amide bonds. The van der Waals surface area contributed by atoms with Crippen LogP contribution >= 0.6 is 15.9 Å². The molecule has 3 nitrogen and oxygen atoms in total. The summed E-state index contributed by atoms with van der Waals surface area (Å²) in [5, 5.41) is 3.48. The Bertz CT molecular complexity index is 601. The van der Waals surface area contributed by atoms with E-state index < -0.39 is 0 Å². The molecule has 0 aliphatic rings. The van der Waals surface area contributed by atoms with Crippen LogP contribution in [0.2, 0.25) is 0 Å². The van der Waals surface area contributed by atoms with E-state index in [4.69, 9.17) is 9.47 Å².